The highest BCUT2D eigenvalue weighted by atomic mass is 35.5. The average Bonchev–Trinajstić information content (AvgIpc) is 2.75. The Hall–Kier alpha value is -1.42. The van der Waals surface area contributed by atoms with Crippen LogP contribution in [-0.2, 0) is 4.74 Å². The van der Waals surface area contributed by atoms with Gasteiger partial charge in [0.25, 0.3) is 0 Å². The van der Waals surface area contributed by atoms with Gasteiger partial charge in [-0.2, -0.15) is 0 Å². The maximum atomic E-state index is 11.6. The van der Waals surface area contributed by atoms with Gasteiger partial charge in [-0.3, -0.25) is 0 Å². The maximum absolute atomic E-state index is 11.6. The first-order chi connectivity index (χ1) is 8.69. The van der Waals surface area contributed by atoms with Crippen molar-refractivity contribution in [2.75, 3.05) is 25.5 Å². The molecule has 1 N–H and O–H groups in total. The molecule has 2 unspecified atom stereocenters. The van der Waals surface area contributed by atoms with E-state index in [1.54, 1.807) is 4.90 Å². The third-order valence-electron chi connectivity index (χ3n) is 3.80. The van der Waals surface area contributed by atoms with Gasteiger partial charge in [0.2, 0.25) is 0 Å². The normalized spacial score (nSPS) is 25.1. The summed E-state index contributed by atoms with van der Waals surface area (Å²) in [5.74, 6) is 0.312. The number of hydrogen-bond donors (Lipinski definition) is 1. The van der Waals surface area contributed by atoms with Crippen molar-refractivity contribution in [3.05, 3.63) is 28.8 Å². The molecular weight excluding hydrogens is 252 g/mol. The number of carbonyl (C=O) groups excluding carboxylic acids is 1. The summed E-state index contributed by atoms with van der Waals surface area (Å²) in [6, 6.07) is 6.30. The Morgan fingerprint density at radius 1 is 1.56 bits per heavy atom. The molecule has 2 aliphatic heterocycles. The lowest BCUT2D eigenvalue weighted by Gasteiger charge is -2.34. The van der Waals surface area contributed by atoms with Crippen molar-refractivity contribution in [2.24, 2.45) is 0 Å². The second-order valence-electron chi connectivity index (χ2n) is 4.79. The quantitative estimate of drug-likeness (QED) is 0.785. The lowest BCUT2D eigenvalue weighted by molar-refractivity contribution is 0.110. The SMILES string of the molecule is COC(=O)N1CCC2Nc3ccc(Cl)cc3C2C1. The highest BCUT2D eigenvalue weighted by Gasteiger charge is 2.38. The van der Waals surface area contributed by atoms with Crippen LogP contribution in [-0.4, -0.2) is 37.2 Å². The molecule has 1 fully saturated rings. The van der Waals surface area contributed by atoms with Crippen LogP contribution in [0.3, 0.4) is 0 Å². The van der Waals surface area contributed by atoms with Gasteiger partial charge in [-0.1, -0.05) is 11.6 Å². The van der Waals surface area contributed by atoms with Gasteiger partial charge in [-0.05, 0) is 30.2 Å². The molecule has 0 aromatic heterocycles. The number of nitrogens with zero attached hydrogens (tertiary/aromatic N) is 1. The number of halogens is 1. The Morgan fingerprint density at radius 3 is 3.17 bits per heavy atom. The topological polar surface area (TPSA) is 41.6 Å². The van der Waals surface area contributed by atoms with Crippen LogP contribution in [0, 0.1) is 0 Å². The predicted octanol–water partition coefficient (Wildman–Crippen LogP) is 2.69. The van der Waals surface area contributed by atoms with Gasteiger partial charge in [0.15, 0.2) is 0 Å². The molecule has 0 saturated carbocycles. The Bertz CT molecular complexity index is 492. The van der Waals surface area contributed by atoms with E-state index in [0.717, 1.165) is 23.7 Å². The Balaban J connectivity index is 1.87. The van der Waals surface area contributed by atoms with E-state index in [4.69, 9.17) is 16.3 Å². The van der Waals surface area contributed by atoms with E-state index in [-0.39, 0.29) is 6.09 Å². The number of benzene rings is 1. The first-order valence-corrected chi connectivity index (χ1v) is 6.45. The molecule has 1 aromatic carbocycles. The number of anilines is 1. The summed E-state index contributed by atoms with van der Waals surface area (Å²) in [4.78, 5) is 13.4. The van der Waals surface area contributed by atoms with Crippen LogP contribution in [0.15, 0.2) is 18.2 Å². The number of rotatable bonds is 0. The molecule has 18 heavy (non-hydrogen) atoms. The number of piperidine rings is 1. The smallest absolute Gasteiger partial charge is 0.409 e. The summed E-state index contributed by atoms with van der Waals surface area (Å²) >= 11 is 6.05. The van der Waals surface area contributed by atoms with Gasteiger partial charge in [0.1, 0.15) is 0 Å². The first kappa shape index (κ1) is 11.7. The summed E-state index contributed by atoms with van der Waals surface area (Å²) in [5.41, 5.74) is 2.35. The van der Waals surface area contributed by atoms with Gasteiger partial charge in [-0.25, -0.2) is 4.79 Å². The van der Waals surface area contributed by atoms with Gasteiger partial charge >= 0.3 is 6.09 Å². The summed E-state index contributed by atoms with van der Waals surface area (Å²) in [6.07, 6.45) is 0.690. The van der Waals surface area contributed by atoms with E-state index < -0.39 is 0 Å². The first-order valence-electron chi connectivity index (χ1n) is 6.08. The molecular formula is C13H15ClN2O2. The highest BCUT2D eigenvalue weighted by Crippen LogP contribution is 2.41. The van der Waals surface area contributed by atoms with Gasteiger partial charge in [0.05, 0.1) is 7.11 Å². The number of ether oxygens (including phenoxy) is 1. The van der Waals surface area contributed by atoms with Crippen molar-refractivity contribution in [3.63, 3.8) is 0 Å². The lowest BCUT2D eigenvalue weighted by Crippen LogP contribution is -2.44. The van der Waals surface area contributed by atoms with E-state index in [1.165, 1.54) is 12.7 Å². The standard InChI is InChI=1S/C13H15ClN2O2/c1-18-13(17)16-5-4-12-10(7-16)9-6-8(14)2-3-11(9)15-12/h2-3,6,10,12,15H,4-5,7H2,1H3. The molecule has 0 bridgehead atoms. The number of fused-ring (bicyclic) bond motifs is 3. The Kier molecular flexibility index (Phi) is 2.82. The number of amides is 1. The monoisotopic (exact) mass is 266 g/mol. The minimum atomic E-state index is -0.246. The fourth-order valence-electron chi connectivity index (χ4n) is 2.91. The average molecular weight is 267 g/mol. The van der Waals surface area contributed by atoms with Crippen molar-refractivity contribution >= 4 is 23.4 Å². The van der Waals surface area contributed by atoms with Crippen LogP contribution in [0.5, 0.6) is 0 Å². The van der Waals surface area contributed by atoms with Gasteiger partial charge in [-0.15, -0.1) is 0 Å². The summed E-state index contributed by atoms with van der Waals surface area (Å²) < 4.78 is 4.79. The highest BCUT2D eigenvalue weighted by molar-refractivity contribution is 6.30. The van der Waals surface area contributed by atoms with E-state index in [1.807, 2.05) is 18.2 Å². The number of likely N-dealkylation sites (tertiary alicyclic amines) is 1. The summed E-state index contributed by atoms with van der Waals surface area (Å²) in [7, 11) is 1.42. The zero-order valence-corrected chi connectivity index (χ0v) is 10.9. The van der Waals surface area contributed by atoms with Crippen LogP contribution in [0.1, 0.15) is 17.9 Å². The molecule has 0 spiro atoms. The second kappa shape index (κ2) is 4.35. The third kappa shape index (κ3) is 1.81. The van der Waals surface area contributed by atoms with Crippen LogP contribution in [0.4, 0.5) is 10.5 Å². The van der Waals surface area contributed by atoms with Crippen LogP contribution >= 0.6 is 11.6 Å². The van der Waals surface area contributed by atoms with E-state index in [9.17, 15) is 4.79 Å². The Labute approximate surface area is 111 Å². The number of nitrogens with one attached hydrogen (secondary N) is 1. The van der Waals surface area contributed by atoms with Crippen molar-refractivity contribution in [1.82, 2.24) is 4.90 Å². The summed E-state index contributed by atoms with van der Waals surface area (Å²) in [5, 5.41) is 4.25. The minimum Gasteiger partial charge on any atom is -0.453 e. The molecule has 0 aliphatic carbocycles. The van der Waals surface area contributed by atoms with E-state index in [2.05, 4.69) is 5.32 Å². The van der Waals surface area contributed by atoms with Gasteiger partial charge in [0, 0.05) is 35.8 Å². The van der Waals surface area contributed by atoms with Crippen molar-refractivity contribution in [2.45, 2.75) is 18.4 Å². The zero-order valence-electron chi connectivity index (χ0n) is 10.1. The second-order valence-corrected chi connectivity index (χ2v) is 5.23. The van der Waals surface area contributed by atoms with Gasteiger partial charge < -0.3 is 15.0 Å². The maximum Gasteiger partial charge on any atom is 0.409 e. The third-order valence-corrected chi connectivity index (χ3v) is 4.03. The molecule has 96 valence electrons. The predicted molar refractivity (Wildman–Crippen MR) is 70.2 cm³/mol. The van der Waals surface area contributed by atoms with Crippen molar-refractivity contribution in [1.29, 1.82) is 0 Å². The van der Waals surface area contributed by atoms with Crippen LogP contribution < -0.4 is 5.32 Å². The molecule has 2 aliphatic rings. The molecule has 2 heterocycles. The fourth-order valence-corrected chi connectivity index (χ4v) is 3.09. The molecule has 3 rings (SSSR count). The molecule has 4 nitrogen and oxygen atoms in total. The largest absolute Gasteiger partial charge is 0.453 e. The number of methoxy groups -OCH3 is 1. The minimum absolute atomic E-state index is 0.246. The van der Waals surface area contributed by atoms with E-state index in [0.29, 0.717) is 18.5 Å². The van der Waals surface area contributed by atoms with Crippen LogP contribution in [0.2, 0.25) is 5.02 Å². The Morgan fingerprint density at radius 2 is 2.39 bits per heavy atom. The number of carbonyl (C=O) groups is 1. The lowest BCUT2D eigenvalue weighted by atomic mass is 9.89. The molecule has 1 amide bonds. The molecule has 1 saturated heterocycles. The van der Waals surface area contributed by atoms with Crippen LogP contribution in [0.25, 0.3) is 0 Å². The number of hydrogen-bond acceptors (Lipinski definition) is 3. The molecule has 0 radical (unpaired) electrons. The summed E-state index contributed by atoms with van der Waals surface area (Å²) in [6.45, 7) is 1.43. The van der Waals surface area contributed by atoms with Crippen molar-refractivity contribution < 1.29 is 9.53 Å². The molecule has 5 heteroatoms. The van der Waals surface area contributed by atoms with E-state index >= 15 is 0 Å². The zero-order chi connectivity index (χ0) is 12.7. The fraction of sp³-hybridized carbons (Fsp3) is 0.462. The van der Waals surface area contributed by atoms with Crippen molar-refractivity contribution in [3.8, 4) is 0 Å². The molecule has 2 atom stereocenters. The molecule has 1 aromatic rings.